The van der Waals surface area contributed by atoms with Gasteiger partial charge in [-0.3, -0.25) is 9.80 Å². The maximum Gasteiger partial charge on any atom is 0.331 e. The number of anilines is 4. The topological polar surface area (TPSA) is 70.6 Å². The minimum absolute atomic E-state index is 0.143. The first-order chi connectivity index (χ1) is 17.1. The summed E-state index contributed by atoms with van der Waals surface area (Å²) in [4.78, 5) is 27.0. The first-order valence-electron chi connectivity index (χ1n) is 11.6. The van der Waals surface area contributed by atoms with E-state index in [0.717, 1.165) is 28.3 Å². The molecular weight excluding hydrogens is 438 g/mol. The van der Waals surface area contributed by atoms with Crippen LogP contribution in [0.1, 0.15) is 37.1 Å². The highest BCUT2D eigenvalue weighted by Crippen LogP contribution is 2.42. The number of fused-ring (bicyclic) bond motifs is 1. The van der Waals surface area contributed by atoms with Crippen LogP contribution in [0.3, 0.4) is 0 Å². The van der Waals surface area contributed by atoms with Crippen molar-refractivity contribution in [1.82, 2.24) is 9.97 Å². The quantitative estimate of drug-likeness (QED) is 0.352. The number of carbonyl (C=O) groups excluding carboxylic acids is 1. The lowest BCUT2D eigenvalue weighted by atomic mass is 10.0. The number of hydrogen-bond acceptors (Lipinski definition) is 5. The number of amides is 2. The third-order valence-electron chi connectivity index (χ3n) is 6.32. The van der Waals surface area contributed by atoms with Gasteiger partial charge in [0.05, 0.1) is 19.2 Å². The molecular formula is C28H27N5O2. The molecule has 1 unspecified atom stereocenters. The van der Waals surface area contributed by atoms with Gasteiger partial charge >= 0.3 is 6.03 Å². The highest BCUT2D eigenvalue weighted by molar-refractivity contribution is 6.06. The average Bonchev–Trinajstić information content (AvgIpc) is 2.90. The van der Waals surface area contributed by atoms with Crippen molar-refractivity contribution in [1.29, 1.82) is 0 Å². The molecule has 1 aliphatic rings. The second-order valence-corrected chi connectivity index (χ2v) is 8.45. The lowest BCUT2D eigenvalue weighted by Crippen LogP contribution is -2.50. The van der Waals surface area contributed by atoms with Crippen molar-refractivity contribution in [2.75, 3.05) is 22.2 Å². The Hall–Kier alpha value is -4.39. The molecule has 7 nitrogen and oxygen atoms in total. The highest BCUT2D eigenvalue weighted by Gasteiger charge is 2.40. The molecule has 0 saturated heterocycles. The average molecular weight is 466 g/mol. The fraction of sp³-hybridized carbons (Fsp3) is 0.179. The van der Waals surface area contributed by atoms with Gasteiger partial charge in [-0.1, -0.05) is 48.5 Å². The Labute approximate surface area is 205 Å². The molecule has 2 heterocycles. The van der Waals surface area contributed by atoms with Crippen LogP contribution in [0.4, 0.5) is 27.9 Å². The van der Waals surface area contributed by atoms with Crippen molar-refractivity contribution in [2.45, 2.75) is 25.9 Å². The van der Waals surface area contributed by atoms with Crippen molar-refractivity contribution < 1.29 is 9.53 Å². The van der Waals surface area contributed by atoms with Crippen LogP contribution in [0.15, 0.2) is 91.1 Å². The van der Waals surface area contributed by atoms with Gasteiger partial charge in [0.2, 0.25) is 5.95 Å². The van der Waals surface area contributed by atoms with Crippen molar-refractivity contribution >= 4 is 29.2 Å². The lowest BCUT2D eigenvalue weighted by Gasteiger charge is -2.42. The van der Waals surface area contributed by atoms with E-state index < -0.39 is 0 Å². The summed E-state index contributed by atoms with van der Waals surface area (Å²) in [6, 6.07) is 26.6. The van der Waals surface area contributed by atoms with E-state index in [-0.39, 0.29) is 18.1 Å². The molecule has 5 rings (SSSR count). The number of benzene rings is 3. The van der Waals surface area contributed by atoms with Gasteiger partial charge in [0.25, 0.3) is 0 Å². The summed E-state index contributed by atoms with van der Waals surface area (Å²) in [7, 11) is 1.63. The molecule has 1 N–H and O–H groups in total. The second-order valence-electron chi connectivity index (χ2n) is 8.45. The SMILES string of the molecule is COc1ccc(N2C(=O)N([C@@H](C)c3ccccc3)c3nc(Nc4ccccc4)ncc3C2C)cc1. The van der Waals surface area contributed by atoms with Crippen LogP contribution in [0.25, 0.3) is 0 Å². The van der Waals surface area contributed by atoms with E-state index in [2.05, 4.69) is 10.3 Å². The van der Waals surface area contributed by atoms with E-state index in [1.165, 1.54) is 0 Å². The van der Waals surface area contributed by atoms with E-state index >= 15 is 0 Å². The number of ether oxygens (including phenoxy) is 1. The standard InChI is InChI=1S/C28H27N5O2/c1-19(21-10-6-4-7-11-21)33-26-25(18-29-27(31-26)30-22-12-8-5-9-13-22)20(2)32(28(33)34)23-14-16-24(35-3)17-15-23/h4-20H,1-3H3,(H,29,30,31)/t19-,20?/m0/s1. The van der Waals surface area contributed by atoms with E-state index in [4.69, 9.17) is 9.72 Å². The number of methoxy groups -OCH3 is 1. The minimum atomic E-state index is -0.254. The summed E-state index contributed by atoms with van der Waals surface area (Å²) in [5.74, 6) is 1.79. The number of nitrogens with one attached hydrogen (secondary N) is 1. The largest absolute Gasteiger partial charge is 0.497 e. The molecule has 35 heavy (non-hydrogen) atoms. The fourth-order valence-corrected chi connectivity index (χ4v) is 4.40. The smallest absolute Gasteiger partial charge is 0.331 e. The summed E-state index contributed by atoms with van der Waals surface area (Å²) in [6.45, 7) is 4.02. The molecule has 0 spiro atoms. The molecule has 2 amide bonds. The van der Waals surface area contributed by atoms with Gasteiger partial charge in [-0.05, 0) is 55.8 Å². The van der Waals surface area contributed by atoms with Crippen LogP contribution in [-0.4, -0.2) is 23.1 Å². The van der Waals surface area contributed by atoms with Crippen LogP contribution in [0, 0.1) is 0 Å². The molecule has 3 aromatic carbocycles. The lowest BCUT2D eigenvalue weighted by molar-refractivity contribution is 0.246. The fourth-order valence-electron chi connectivity index (χ4n) is 4.40. The van der Waals surface area contributed by atoms with E-state index in [1.54, 1.807) is 16.9 Å². The van der Waals surface area contributed by atoms with Gasteiger partial charge in [0.1, 0.15) is 11.6 Å². The molecule has 7 heteroatoms. The zero-order chi connectivity index (χ0) is 24.4. The Morgan fingerprint density at radius 1 is 0.943 bits per heavy atom. The van der Waals surface area contributed by atoms with Gasteiger partial charge in [-0.2, -0.15) is 4.98 Å². The zero-order valence-electron chi connectivity index (χ0n) is 19.9. The van der Waals surface area contributed by atoms with Crippen molar-refractivity contribution in [2.24, 2.45) is 0 Å². The van der Waals surface area contributed by atoms with Crippen molar-refractivity contribution in [3.05, 3.63) is 102 Å². The third-order valence-corrected chi connectivity index (χ3v) is 6.32. The summed E-state index contributed by atoms with van der Waals surface area (Å²) in [6.07, 6.45) is 1.81. The van der Waals surface area contributed by atoms with E-state index in [1.807, 2.05) is 105 Å². The molecule has 0 bridgehead atoms. The van der Waals surface area contributed by atoms with Gasteiger partial charge < -0.3 is 10.1 Å². The van der Waals surface area contributed by atoms with Gasteiger partial charge in [0.15, 0.2) is 0 Å². The molecule has 4 aromatic rings. The van der Waals surface area contributed by atoms with Crippen LogP contribution < -0.4 is 19.9 Å². The highest BCUT2D eigenvalue weighted by atomic mass is 16.5. The zero-order valence-corrected chi connectivity index (χ0v) is 19.9. The predicted molar refractivity (Wildman–Crippen MR) is 138 cm³/mol. The number of aromatic nitrogens is 2. The molecule has 0 radical (unpaired) electrons. The molecule has 1 aromatic heterocycles. The molecule has 0 aliphatic carbocycles. The van der Waals surface area contributed by atoms with Crippen LogP contribution in [0.5, 0.6) is 5.75 Å². The summed E-state index contributed by atoms with van der Waals surface area (Å²) >= 11 is 0. The van der Waals surface area contributed by atoms with Crippen molar-refractivity contribution in [3.63, 3.8) is 0 Å². The normalized spacial score (nSPS) is 16.0. The number of para-hydroxylation sites is 1. The summed E-state index contributed by atoms with van der Waals surface area (Å²) in [5, 5.41) is 3.25. The predicted octanol–water partition coefficient (Wildman–Crippen LogP) is 6.50. The molecule has 1 aliphatic heterocycles. The van der Waals surface area contributed by atoms with Crippen molar-refractivity contribution in [3.8, 4) is 5.75 Å². The number of carbonyl (C=O) groups is 1. The minimum Gasteiger partial charge on any atom is -0.497 e. The Morgan fingerprint density at radius 3 is 2.26 bits per heavy atom. The first-order valence-corrected chi connectivity index (χ1v) is 11.6. The molecule has 0 saturated carbocycles. The second kappa shape index (κ2) is 9.46. The molecule has 176 valence electrons. The van der Waals surface area contributed by atoms with Crippen LogP contribution in [0.2, 0.25) is 0 Å². The van der Waals surface area contributed by atoms with Crippen LogP contribution >= 0.6 is 0 Å². The van der Waals surface area contributed by atoms with E-state index in [9.17, 15) is 4.79 Å². The number of nitrogens with zero attached hydrogens (tertiary/aromatic N) is 4. The maximum atomic E-state index is 14.1. The summed E-state index contributed by atoms with van der Waals surface area (Å²) in [5.41, 5.74) is 3.56. The number of urea groups is 1. The van der Waals surface area contributed by atoms with Crippen LogP contribution in [-0.2, 0) is 0 Å². The van der Waals surface area contributed by atoms with Gasteiger partial charge in [-0.25, -0.2) is 9.78 Å². The maximum absolute atomic E-state index is 14.1. The summed E-state index contributed by atoms with van der Waals surface area (Å²) < 4.78 is 5.30. The van der Waals surface area contributed by atoms with E-state index in [0.29, 0.717) is 11.8 Å². The van der Waals surface area contributed by atoms with Gasteiger partial charge in [-0.15, -0.1) is 0 Å². The third kappa shape index (κ3) is 4.28. The Bertz CT molecular complexity index is 1310. The number of hydrogen-bond donors (Lipinski definition) is 1. The Morgan fingerprint density at radius 2 is 1.60 bits per heavy atom. The molecule has 2 atom stereocenters. The first kappa shape index (κ1) is 22.4. The Balaban J connectivity index is 1.60. The Kier molecular flexibility index (Phi) is 6.06. The number of rotatable bonds is 6. The monoisotopic (exact) mass is 465 g/mol. The van der Waals surface area contributed by atoms with Gasteiger partial charge in [0, 0.05) is 23.1 Å². The molecule has 0 fully saturated rings.